The van der Waals surface area contributed by atoms with E-state index in [1.165, 1.54) is 6.19 Å². The fourth-order valence-corrected chi connectivity index (χ4v) is 9.27. The molecular formula is C76H87BrF23N24NaO5. The molecule has 0 spiro atoms. The number of anilines is 6. The second-order valence-corrected chi connectivity index (χ2v) is 23.9. The molecule has 0 amide bonds. The van der Waals surface area contributed by atoms with Crippen LogP contribution >= 0.6 is 15.9 Å². The molecule has 0 saturated heterocycles. The van der Waals surface area contributed by atoms with Gasteiger partial charge in [0.05, 0.1) is 18.8 Å². The summed E-state index contributed by atoms with van der Waals surface area (Å²) in [6.45, 7) is 0. The first-order chi connectivity index (χ1) is 58.5. The van der Waals surface area contributed by atoms with Crippen LogP contribution in [0, 0.1) is 123 Å². The number of aromatic nitrogens is 8. The number of nitriles is 1. The maximum atomic E-state index is 14.2. The van der Waals surface area contributed by atoms with Gasteiger partial charge in [-0.15, -0.1) is 0 Å². The minimum Gasteiger partial charge on any atom is -0.857 e. The van der Waals surface area contributed by atoms with Crippen molar-refractivity contribution in [1.29, 1.82) is 5.26 Å². The van der Waals surface area contributed by atoms with Crippen LogP contribution in [0.4, 0.5) is 141 Å². The zero-order valence-corrected chi connectivity index (χ0v) is 68.8. The van der Waals surface area contributed by atoms with Crippen LogP contribution in [0.15, 0.2) is 153 Å². The Hall–Kier alpha value is -12.6. The molecule has 4 aromatic carbocycles. The van der Waals surface area contributed by atoms with Crippen LogP contribution in [-0.4, -0.2) is 120 Å². The van der Waals surface area contributed by atoms with Crippen molar-refractivity contribution in [3.05, 3.63) is 255 Å². The number of nitrogen functional groups attached to an aromatic ring is 2. The van der Waals surface area contributed by atoms with Gasteiger partial charge in [0.2, 0.25) is 71.4 Å². The Morgan fingerprint density at radius 2 is 0.923 bits per heavy atom. The van der Waals surface area contributed by atoms with Crippen LogP contribution in [0.5, 0.6) is 0 Å². The van der Waals surface area contributed by atoms with E-state index in [4.69, 9.17) is 44.3 Å². The minimum absolute atomic E-state index is 0. The first-order valence-corrected chi connectivity index (χ1v) is 34.5. The molecule has 2 aliphatic rings. The first kappa shape index (κ1) is 126. The number of carbonyl (C=O) groups excluding carboxylic acids is 1. The summed E-state index contributed by atoms with van der Waals surface area (Å²) >= 11 is 2.72. The number of rotatable bonds is 10. The number of nitrogens with two attached hydrogens (primary N) is 7. The van der Waals surface area contributed by atoms with Gasteiger partial charge >= 0.3 is 35.5 Å². The second kappa shape index (κ2) is 64.2. The zero-order chi connectivity index (χ0) is 93.7. The topological polar surface area (TPSA) is 507 Å². The number of guanidine groups is 3. The standard InChI is InChI=1S/C20H16F6N6.C14H17F4N5.C8H6F2N4.C7H5F2NO2.C6H5F2N.C5H2BrF2N.C5H2F3N.C5H5F2N3.CH4O.CH3O.4CH4.H4N2.Na.H2O/c21-10-7-11(22)9-13(8-10)28-19-31-17(16-14(23)1-2-15(24)29-16)30-18(32-19)27-12-3-5-20(25,26)6-4-12;15-8-5-9(16)7-11(6-8)22-13(20)23-12(19)21-10-1-3-14(17,18)4-2-10;9-5-1-6(10)3-7(2-5)14-8(12)13-4-11;1-12-7(11)6-4(8)2-3-5(9)10-6;7-4-1-5(8)3-6(9)2-4;6-5-3(7)1-2-4(8)9-5;6-3-1-2-4(7)9-5(3)8;6-3-1-2-4(7)9-5(3)10-8;2*1-2;;;;;1-2;;/h1-2,7-9,12H,3-6H2,(H2,27,28,30,31,32);5-7,10H,1-4H2,(H5,19,20,21,22,23);1-3H,(H3,12,13,14);2-3H,1H3;1-3H,9H2;2*1-2H;1-2H,8H2,(H,9,10);2H,1H3;1H3;4*1H4;1-2H2;;1H2/q;;;;;;;;;-1;;;;;;+1;. The van der Waals surface area contributed by atoms with Crippen LogP contribution in [0.3, 0.4) is 0 Å². The minimum atomic E-state index is -2.74. The van der Waals surface area contributed by atoms with Crippen molar-refractivity contribution in [2.45, 2.75) is 105 Å². The number of carbonyl (C=O) groups is 1. The monoisotopic (exact) mass is 1950 g/mol. The average molecular weight is 1960 g/mol. The smallest absolute Gasteiger partial charge is 0.857 e. The number of nitrogens with one attached hydrogen (secondary N) is 5. The molecule has 6 aromatic heterocycles. The number of hydrogen-bond donors (Lipinski definition) is 13. The molecule has 22 N–H and O–H groups in total. The Morgan fingerprint density at radius 1 is 0.523 bits per heavy atom. The molecule has 0 radical (unpaired) electrons. The predicted molar refractivity (Wildman–Crippen MR) is 437 cm³/mol. The maximum absolute atomic E-state index is 14.2. The quantitative estimate of drug-likeness (QED) is 0.00517. The fraction of sp³-hybridized carbons (Fsp3) is 0.250. The summed E-state index contributed by atoms with van der Waals surface area (Å²) in [6, 6.07) is 18.8. The summed E-state index contributed by atoms with van der Waals surface area (Å²) < 4.78 is 297. The average Bonchev–Trinajstić information content (AvgIpc) is 0.804. The van der Waals surface area contributed by atoms with Crippen molar-refractivity contribution in [2.24, 2.45) is 49.7 Å². The predicted octanol–water partition coefficient (Wildman–Crippen LogP) is 11.9. The molecule has 12 rings (SSSR count). The number of benzene rings is 4. The number of aliphatic imine (C=N–C) groups is 3. The largest absolute Gasteiger partial charge is 1.00 e. The number of ether oxygens (including phenoxy) is 1. The number of hydrazine groups is 2. The van der Waals surface area contributed by atoms with Gasteiger partial charge in [0.15, 0.2) is 52.6 Å². The third kappa shape index (κ3) is 49.1. The molecule has 2 fully saturated rings. The number of aliphatic hydroxyl groups is 1. The third-order valence-electron chi connectivity index (χ3n) is 14.0. The van der Waals surface area contributed by atoms with Gasteiger partial charge < -0.3 is 64.7 Å². The van der Waals surface area contributed by atoms with Crippen LogP contribution in [0.1, 0.15) is 91.6 Å². The molecule has 6 heterocycles. The summed E-state index contributed by atoms with van der Waals surface area (Å²) in [6.07, 6.45) is 1.10. The first-order valence-electron chi connectivity index (χ1n) is 33.7. The van der Waals surface area contributed by atoms with Gasteiger partial charge in [-0.1, -0.05) is 29.7 Å². The van der Waals surface area contributed by atoms with E-state index in [1.807, 2.05) is 10.7 Å². The SMILES string of the molecule is C.C.C.C.CO.COC(=O)c1nc(F)ccc1F.C[O-].Fc1cc(F)cc(Nc2nc(NC3CCC(F)(F)CC3)nc(-c3nc(F)ccc3F)n2)c1.Fc1ccc(F)c(Br)n1.Fc1ccc(F)c(F)n1.N#CNC(N)=Nc1cc(F)cc(F)c1.NC(=NC1CCC(F)(F)CC1)N=C(N)Nc1cc(F)cc(F)c1.NN.NNc1nc(F)ccc1F.Nc1cc(F)cc(F)c1.O.[Na+]. The van der Waals surface area contributed by atoms with Crippen molar-refractivity contribution in [3.8, 4) is 17.7 Å². The number of pyridine rings is 5. The van der Waals surface area contributed by atoms with E-state index in [-0.39, 0.29) is 191 Å². The van der Waals surface area contributed by atoms with E-state index >= 15 is 0 Å². The van der Waals surface area contributed by atoms with E-state index in [1.54, 1.807) is 0 Å². The van der Waals surface area contributed by atoms with Gasteiger partial charge in [-0.05, 0) is 151 Å². The normalized spacial score (nSPS) is 12.3. The summed E-state index contributed by atoms with van der Waals surface area (Å²) in [4.78, 5) is 49.4. The van der Waals surface area contributed by atoms with Crippen molar-refractivity contribution in [2.75, 3.05) is 48.4 Å². The molecule has 130 heavy (non-hydrogen) atoms. The summed E-state index contributed by atoms with van der Waals surface area (Å²) in [5.41, 5.74) is 22.3. The third-order valence-corrected chi connectivity index (χ3v) is 14.6. The van der Waals surface area contributed by atoms with E-state index in [9.17, 15) is 106 Å². The fourth-order valence-electron chi connectivity index (χ4n) is 8.97. The molecule has 0 atom stereocenters. The van der Waals surface area contributed by atoms with Crippen LogP contribution in [-0.2, 0) is 4.74 Å². The number of hydrogen-bond acceptors (Lipinski definition) is 22. The number of methoxy groups -OCH3 is 1. The van der Waals surface area contributed by atoms with E-state index in [0.717, 1.165) is 131 Å². The van der Waals surface area contributed by atoms with Gasteiger partial charge in [0.25, 0.3) is 5.95 Å². The van der Waals surface area contributed by atoms with E-state index in [2.05, 4.69) is 103 Å². The Kier molecular flexibility index (Phi) is 62.2. The van der Waals surface area contributed by atoms with Crippen LogP contribution in [0.2, 0.25) is 0 Å². The van der Waals surface area contributed by atoms with Gasteiger partial charge in [0.1, 0.15) is 56.8 Å². The molecule has 2 aliphatic carbocycles. The van der Waals surface area contributed by atoms with E-state index < -0.39 is 147 Å². The molecule has 54 heteroatoms. The van der Waals surface area contributed by atoms with Gasteiger partial charge in [-0.3, -0.25) is 17.0 Å². The second-order valence-electron chi connectivity index (χ2n) is 23.1. The Bertz CT molecular complexity index is 5050. The number of alkyl halides is 4. The van der Waals surface area contributed by atoms with Gasteiger partial charge in [-0.2, -0.15) is 68.6 Å². The van der Waals surface area contributed by atoms with Gasteiger partial charge in [-0.25, -0.2) is 110 Å². The Labute approximate surface area is 758 Å². The van der Waals surface area contributed by atoms with Crippen molar-refractivity contribution in [1.82, 2.24) is 45.2 Å². The molecule has 0 bridgehead atoms. The number of aliphatic hydroxyl groups excluding tert-OH is 1. The molecule has 0 unspecified atom stereocenters. The summed E-state index contributed by atoms with van der Waals surface area (Å²) in [5, 5.41) is 33.4. The molecule has 2 saturated carbocycles. The Balaban J connectivity index is -0.000000472. The summed E-state index contributed by atoms with van der Waals surface area (Å²) in [5.74, 6) is -11.3. The maximum Gasteiger partial charge on any atom is 1.00 e. The summed E-state index contributed by atoms with van der Waals surface area (Å²) in [7, 11) is 2.81. The van der Waals surface area contributed by atoms with Gasteiger partial charge in [0, 0.05) is 80.2 Å². The molecular weight excluding hydrogens is 1870 g/mol. The van der Waals surface area contributed by atoms with Crippen molar-refractivity contribution < 1.29 is 156 Å². The molecule has 29 nitrogen and oxygen atoms in total. The molecule has 0 aliphatic heterocycles. The number of halogens is 24. The number of esters is 1. The molecule has 710 valence electrons. The van der Waals surface area contributed by atoms with Crippen molar-refractivity contribution in [3.63, 3.8) is 0 Å². The molecule has 10 aromatic rings. The zero-order valence-electron chi connectivity index (χ0n) is 65.2. The van der Waals surface area contributed by atoms with E-state index in [0.29, 0.717) is 24.3 Å². The number of nitrogens with zero attached hydrogens (tertiary/aromatic N) is 12. The Morgan fingerprint density at radius 3 is 1.35 bits per heavy atom. The van der Waals surface area contributed by atoms with Crippen LogP contribution < -0.4 is 102 Å². The van der Waals surface area contributed by atoms with Crippen LogP contribution in [0.25, 0.3) is 11.5 Å². The van der Waals surface area contributed by atoms with Crippen molar-refractivity contribution >= 4 is 80.2 Å².